The SMILES string of the molecule is Br.CCCN1CCC2(C)c3cc(OC)cc(Br)c3N(C)C12. The molecule has 2 heterocycles. The minimum absolute atomic E-state index is 0. The molecule has 0 aliphatic carbocycles. The first kappa shape index (κ1) is 17.1. The van der Waals surface area contributed by atoms with E-state index in [0.717, 1.165) is 10.2 Å². The van der Waals surface area contributed by atoms with Crippen molar-refractivity contribution in [3.63, 3.8) is 0 Å². The molecule has 0 radical (unpaired) electrons. The molecule has 3 rings (SSSR count). The highest BCUT2D eigenvalue weighted by Crippen LogP contribution is 2.54. The van der Waals surface area contributed by atoms with Gasteiger partial charge in [0.15, 0.2) is 0 Å². The van der Waals surface area contributed by atoms with Gasteiger partial charge in [0.05, 0.1) is 19.0 Å². The fraction of sp³-hybridized carbons (Fsp3) is 0.625. The van der Waals surface area contributed by atoms with Crippen LogP contribution >= 0.6 is 32.9 Å². The number of hydrogen-bond acceptors (Lipinski definition) is 3. The summed E-state index contributed by atoms with van der Waals surface area (Å²) in [6, 6.07) is 4.30. The number of rotatable bonds is 3. The maximum Gasteiger partial charge on any atom is 0.120 e. The molecule has 3 nitrogen and oxygen atoms in total. The molecule has 0 N–H and O–H groups in total. The molecule has 2 unspecified atom stereocenters. The Morgan fingerprint density at radius 2 is 2.14 bits per heavy atom. The van der Waals surface area contributed by atoms with E-state index >= 15 is 0 Å². The largest absolute Gasteiger partial charge is 0.497 e. The van der Waals surface area contributed by atoms with Crippen molar-refractivity contribution in [2.45, 2.75) is 38.3 Å². The third kappa shape index (κ3) is 2.41. The Labute approximate surface area is 146 Å². The van der Waals surface area contributed by atoms with Crippen molar-refractivity contribution in [1.82, 2.24) is 4.90 Å². The van der Waals surface area contributed by atoms with Gasteiger partial charge in [-0.3, -0.25) is 4.90 Å². The van der Waals surface area contributed by atoms with Gasteiger partial charge >= 0.3 is 0 Å². The minimum atomic E-state index is 0. The van der Waals surface area contributed by atoms with Crippen molar-refractivity contribution < 1.29 is 4.74 Å². The molecule has 0 saturated carbocycles. The average Bonchev–Trinajstić information content (AvgIpc) is 2.85. The van der Waals surface area contributed by atoms with E-state index < -0.39 is 0 Å². The number of likely N-dealkylation sites (tertiary alicyclic amines) is 1. The summed E-state index contributed by atoms with van der Waals surface area (Å²) in [6.45, 7) is 7.03. The van der Waals surface area contributed by atoms with Gasteiger partial charge in [0.1, 0.15) is 5.75 Å². The first-order chi connectivity index (χ1) is 9.52. The van der Waals surface area contributed by atoms with Gasteiger partial charge in [0, 0.05) is 23.5 Å². The molecule has 0 spiro atoms. The predicted molar refractivity (Wildman–Crippen MR) is 97.0 cm³/mol. The second kappa shape index (κ2) is 6.09. The van der Waals surface area contributed by atoms with Crippen LogP contribution in [0.25, 0.3) is 0 Å². The Hall–Kier alpha value is -0.260. The quantitative estimate of drug-likeness (QED) is 0.730. The minimum Gasteiger partial charge on any atom is -0.497 e. The van der Waals surface area contributed by atoms with E-state index in [-0.39, 0.29) is 22.4 Å². The van der Waals surface area contributed by atoms with Gasteiger partial charge in [-0.25, -0.2) is 0 Å². The molecule has 118 valence electrons. The van der Waals surface area contributed by atoms with Gasteiger partial charge in [-0.1, -0.05) is 13.8 Å². The van der Waals surface area contributed by atoms with Crippen molar-refractivity contribution in [3.05, 3.63) is 22.2 Å². The Kier molecular flexibility index (Phi) is 4.96. The summed E-state index contributed by atoms with van der Waals surface area (Å²) in [5.74, 6) is 0.944. The molecule has 2 atom stereocenters. The summed E-state index contributed by atoms with van der Waals surface area (Å²) in [5.41, 5.74) is 2.96. The number of methoxy groups -OCH3 is 1. The van der Waals surface area contributed by atoms with E-state index in [1.54, 1.807) is 7.11 Å². The van der Waals surface area contributed by atoms with Gasteiger partial charge in [-0.15, -0.1) is 17.0 Å². The molecule has 1 fully saturated rings. The molecule has 1 aromatic rings. The molecular formula is C16H24Br2N2O. The van der Waals surface area contributed by atoms with Crippen LogP contribution < -0.4 is 9.64 Å². The van der Waals surface area contributed by atoms with E-state index in [4.69, 9.17) is 4.74 Å². The Morgan fingerprint density at radius 3 is 2.76 bits per heavy atom. The van der Waals surface area contributed by atoms with Crippen LogP contribution in [0.2, 0.25) is 0 Å². The second-order valence-corrected chi connectivity index (χ2v) is 7.05. The summed E-state index contributed by atoms with van der Waals surface area (Å²) < 4.78 is 6.60. The maximum atomic E-state index is 5.46. The first-order valence-electron chi connectivity index (χ1n) is 7.38. The Balaban J connectivity index is 0.00000161. The summed E-state index contributed by atoms with van der Waals surface area (Å²) in [4.78, 5) is 5.07. The molecule has 5 heteroatoms. The first-order valence-corrected chi connectivity index (χ1v) is 8.17. The number of ether oxygens (including phenoxy) is 1. The number of benzene rings is 1. The van der Waals surface area contributed by atoms with Crippen LogP contribution in [0.1, 0.15) is 32.3 Å². The number of hydrogen-bond donors (Lipinski definition) is 0. The normalized spacial score (nSPS) is 27.3. The molecular weight excluding hydrogens is 396 g/mol. The van der Waals surface area contributed by atoms with E-state index in [9.17, 15) is 0 Å². The molecule has 0 amide bonds. The maximum absolute atomic E-state index is 5.46. The van der Waals surface area contributed by atoms with Crippen LogP contribution in [0.3, 0.4) is 0 Å². The van der Waals surface area contributed by atoms with Gasteiger partial charge in [-0.05, 0) is 53.0 Å². The molecule has 1 aromatic carbocycles. The highest BCUT2D eigenvalue weighted by Gasteiger charge is 2.53. The molecule has 21 heavy (non-hydrogen) atoms. The van der Waals surface area contributed by atoms with E-state index in [2.05, 4.69) is 58.8 Å². The third-order valence-corrected chi connectivity index (χ3v) is 5.56. The fourth-order valence-electron chi connectivity index (χ4n) is 4.11. The van der Waals surface area contributed by atoms with Crippen molar-refractivity contribution in [2.75, 3.05) is 32.1 Å². The Morgan fingerprint density at radius 1 is 1.43 bits per heavy atom. The van der Waals surface area contributed by atoms with Crippen molar-refractivity contribution in [2.24, 2.45) is 0 Å². The van der Waals surface area contributed by atoms with Crippen LogP contribution in [0.15, 0.2) is 16.6 Å². The van der Waals surface area contributed by atoms with Gasteiger partial charge in [0.2, 0.25) is 0 Å². The van der Waals surface area contributed by atoms with E-state index in [0.29, 0.717) is 6.17 Å². The van der Waals surface area contributed by atoms with E-state index in [1.165, 1.54) is 37.2 Å². The van der Waals surface area contributed by atoms with Crippen molar-refractivity contribution in [3.8, 4) is 5.75 Å². The number of likely N-dealkylation sites (N-methyl/N-ethyl adjacent to an activating group) is 1. The van der Waals surface area contributed by atoms with Crippen LogP contribution in [0, 0.1) is 0 Å². The van der Waals surface area contributed by atoms with Crippen LogP contribution in [0.5, 0.6) is 5.75 Å². The highest BCUT2D eigenvalue weighted by molar-refractivity contribution is 9.10. The van der Waals surface area contributed by atoms with E-state index in [1.807, 2.05) is 0 Å². The van der Waals surface area contributed by atoms with Crippen LogP contribution in [-0.4, -0.2) is 38.3 Å². The number of fused-ring (bicyclic) bond motifs is 3. The Bertz CT molecular complexity index is 537. The smallest absolute Gasteiger partial charge is 0.120 e. The predicted octanol–water partition coefficient (Wildman–Crippen LogP) is 4.18. The fourth-order valence-corrected chi connectivity index (χ4v) is 4.82. The van der Waals surface area contributed by atoms with Crippen molar-refractivity contribution >= 4 is 38.6 Å². The summed E-state index contributed by atoms with van der Waals surface area (Å²) in [7, 11) is 3.96. The summed E-state index contributed by atoms with van der Waals surface area (Å²) >= 11 is 3.73. The zero-order valence-corrected chi connectivity index (χ0v) is 16.4. The van der Waals surface area contributed by atoms with Crippen LogP contribution in [0.4, 0.5) is 5.69 Å². The zero-order valence-electron chi connectivity index (χ0n) is 13.1. The summed E-state index contributed by atoms with van der Waals surface area (Å²) in [6.07, 6.45) is 2.90. The summed E-state index contributed by atoms with van der Waals surface area (Å²) in [5, 5.41) is 0. The lowest BCUT2D eigenvalue weighted by molar-refractivity contribution is 0.224. The number of anilines is 1. The molecule has 2 aliphatic heterocycles. The third-order valence-electron chi connectivity index (χ3n) is 4.95. The molecule has 2 aliphatic rings. The van der Waals surface area contributed by atoms with Gasteiger partial charge in [-0.2, -0.15) is 0 Å². The van der Waals surface area contributed by atoms with Crippen LogP contribution in [-0.2, 0) is 5.41 Å². The van der Waals surface area contributed by atoms with Gasteiger partial charge in [0.25, 0.3) is 0 Å². The topological polar surface area (TPSA) is 15.7 Å². The molecule has 1 saturated heterocycles. The standard InChI is InChI=1S/C16H23BrN2O.BrH/c1-5-7-19-8-6-16(2)12-9-11(20-4)10-13(17)14(12)18(3)15(16)19;/h9-10,15H,5-8H2,1-4H3;1H. The number of nitrogens with zero attached hydrogens (tertiary/aromatic N) is 2. The average molecular weight is 420 g/mol. The second-order valence-electron chi connectivity index (χ2n) is 6.19. The lowest BCUT2D eigenvalue weighted by atomic mass is 9.81. The van der Waals surface area contributed by atoms with Gasteiger partial charge < -0.3 is 9.64 Å². The number of halogens is 2. The highest BCUT2D eigenvalue weighted by atomic mass is 79.9. The molecule has 0 bridgehead atoms. The lowest BCUT2D eigenvalue weighted by Gasteiger charge is -2.34. The zero-order chi connectivity index (χ0) is 14.5. The lowest BCUT2D eigenvalue weighted by Crippen LogP contribution is -2.47. The van der Waals surface area contributed by atoms with Crippen molar-refractivity contribution in [1.29, 1.82) is 0 Å². The molecule has 0 aromatic heterocycles. The monoisotopic (exact) mass is 418 g/mol.